The molecule has 0 heterocycles. The van der Waals surface area contributed by atoms with Crippen molar-refractivity contribution >= 4 is 27.5 Å². The Bertz CT molecular complexity index is 1970. The van der Waals surface area contributed by atoms with E-state index in [4.69, 9.17) is 0 Å². The van der Waals surface area contributed by atoms with Crippen LogP contribution in [-0.2, 0) is 11.5 Å². The van der Waals surface area contributed by atoms with Gasteiger partial charge < -0.3 is 0 Å². The van der Waals surface area contributed by atoms with Gasteiger partial charge in [0.25, 0.3) is 0 Å². The standard InChI is InChI=1S/C15H11.C10H9.2C6H5.2CH3.H2Si.Ti/c1-2-6-12(7-3-1)14-10-4-8-13-9-5-11-15(13)14;1-8-6-9-4-2-3-5-10(9)7-8;2*1-2-4-6-5-3-1;;;;/h1-11H;2-7H,1H3;2*1-5H;2*1H3;1H2;. The van der Waals surface area contributed by atoms with Gasteiger partial charge in [0, 0.05) is 0 Å². The van der Waals surface area contributed by atoms with E-state index in [1.807, 2.05) is 0 Å². The zero-order chi connectivity index (χ0) is 28.4. The molecule has 0 saturated carbocycles. The fraction of sp³-hybridized carbons (Fsp3) is 0.128. The van der Waals surface area contributed by atoms with E-state index in [0.29, 0.717) is 0 Å². The fourth-order valence-electron chi connectivity index (χ4n) is 9.77. The Labute approximate surface area is 242 Å². The van der Waals surface area contributed by atoms with Crippen molar-refractivity contribution in [2.45, 2.75) is 25.8 Å². The van der Waals surface area contributed by atoms with Crippen LogP contribution >= 0.6 is 0 Å². The van der Waals surface area contributed by atoms with Crippen LogP contribution in [0, 0.1) is 0 Å². The van der Waals surface area contributed by atoms with E-state index in [0.717, 1.165) is 0 Å². The molecule has 0 spiro atoms. The van der Waals surface area contributed by atoms with Gasteiger partial charge in [0.1, 0.15) is 0 Å². The van der Waals surface area contributed by atoms with Crippen molar-refractivity contribution < 1.29 is 11.5 Å². The molecule has 5 aromatic rings. The summed E-state index contributed by atoms with van der Waals surface area (Å²) in [6.45, 7) is 2.39. The summed E-state index contributed by atoms with van der Waals surface area (Å²) >= 11 is -5.41. The van der Waals surface area contributed by atoms with Crippen molar-refractivity contribution in [2.24, 2.45) is 0 Å². The molecule has 0 aromatic heterocycles. The van der Waals surface area contributed by atoms with Gasteiger partial charge in [0.2, 0.25) is 0 Å². The van der Waals surface area contributed by atoms with Gasteiger partial charge in [-0.05, 0) is 0 Å². The Morgan fingerprint density at radius 2 is 1.12 bits per heavy atom. The van der Waals surface area contributed by atoms with E-state index in [2.05, 4.69) is 177 Å². The Hall–Kier alpha value is -3.49. The van der Waals surface area contributed by atoms with E-state index in [1.165, 1.54) is 46.7 Å². The second kappa shape index (κ2) is 8.07. The van der Waals surface area contributed by atoms with Crippen LogP contribution in [0.1, 0.15) is 37.6 Å². The first-order valence-corrected chi connectivity index (χ1v) is 25.4. The minimum atomic E-state index is -5.41. The third-order valence-corrected chi connectivity index (χ3v) is 37.6. The molecule has 0 saturated heterocycles. The molecular formula is C39H38SiTi. The SMILES string of the molecule is CC1=Cc2ccccc2[CH]1[Ti]([CH3])([CH3])(=[SiH2])([c]1ccccc1)([c]1ccccc1)[CH]1C=Cc2c(-c3ccccc3)cccc21. The van der Waals surface area contributed by atoms with E-state index < -0.39 is 11.5 Å². The van der Waals surface area contributed by atoms with Gasteiger partial charge in [0.15, 0.2) is 0 Å². The molecule has 0 amide bonds. The van der Waals surface area contributed by atoms with Gasteiger partial charge in [-0.25, -0.2) is 0 Å². The average molecular weight is 583 g/mol. The van der Waals surface area contributed by atoms with E-state index in [1.54, 1.807) is 0 Å². The van der Waals surface area contributed by atoms with Crippen LogP contribution in [0.5, 0.6) is 0 Å². The van der Waals surface area contributed by atoms with Crippen molar-refractivity contribution in [2.75, 3.05) is 0 Å². The van der Waals surface area contributed by atoms with Gasteiger partial charge in [-0.1, -0.05) is 0 Å². The Balaban J connectivity index is 1.70. The molecule has 41 heavy (non-hydrogen) atoms. The van der Waals surface area contributed by atoms with Gasteiger partial charge in [0.05, 0.1) is 0 Å². The summed E-state index contributed by atoms with van der Waals surface area (Å²) in [5.41, 5.74) is 9.71. The van der Waals surface area contributed by atoms with E-state index >= 15 is 0 Å². The van der Waals surface area contributed by atoms with Crippen LogP contribution in [0.3, 0.4) is 0 Å². The predicted octanol–water partition coefficient (Wildman–Crippen LogP) is 8.64. The van der Waals surface area contributed by atoms with Crippen molar-refractivity contribution in [3.63, 3.8) is 0 Å². The third-order valence-electron chi connectivity index (χ3n) is 11.8. The number of hydrogen-bond donors (Lipinski definition) is 0. The number of rotatable bonds is 5. The molecule has 0 N–H and O–H groups in total. The molecule has 2 heteroatoms. The maximum absolute atomic E-state index is 5.41. The second-order valence-electron chi connectivity index (χ2n) is 14.7. The number of hydrogen-bond acceptors (Lipinski definition) is 0. The molecular weight excluding hydrogens is 544 g/mol. The zero-order valence-electron chi connectivity index (χ0n) is 24.3. The van der Waals surface area contributed by atoms with Crippen LogP contribution < -0.4 is 7.74 Å². The summed E-state index contributed by atoms with van der Waals surface area (Å²) in [5, 5.41) is 5.54. The van der Waals surface area contributed by atoms with Gasteiger partial charge >= 0.3 is 243 Å². The van der Waals surface area contributed by atoms with Crippen LogP contribution in [-0.4, -0.2) is 7.63 Å². The van der Waals surface area contributed by atoms with Crippen molar-refractivity contribution in [3.8, 4) is 11.1 Å². The van der Waals surface area contributed by atoms with Crippen molar-refractivity contribution in [1.82, 2.24) is 0 Å². The molecule has 5 aromatic carbocycles. The van der Waals surface area contributed by atoms with Crippen molar-refractivity contribution in [1.29, 1.82) is 0 Å². The van der Waals surface area contributed by atoms with Crippen LogP contribution in [0.15, 0.2) is 145 Å². The second-order valence-corrected chi connectivity index (χ2v) is 46.1. The molecule has 0 fully saturated rings. The molecule has 0 nitrogen and oxygen atoms in total. The number of benzene rings is 5. The van der Waals surface area contributed by atoms with Gasteiger partial charge in [-0.15, -0.1) is 0 Å². The summed E-state index contributed by atoms with van der Waals surface area (Å²) in [6.07, 6.45) is 7.50. The molecule has 2 unspecified atom stereocenters. The normalized spacial score (nSPS) is 20.2. The molecule has 7 rings (SSSR count). The molecule has 0 bridgehead atoms. The van der Waals surface area contributed by atoms with Gasteiger partial charge in [-0.2, -0.15) is 0 Å². The minimum absolute atomic E-state index is 0.203. The summed E-state index contributed by atoms with van der Waals surface area (Å²) in [5.74, 6) is 0. The zero-order valence-corrected chi connectivity index (χ0v) is 27.3. The first kappa shape index (κ1) is 26.4. The number of allylic oxidation sites excluding steroid dienone is 2. The summed E-state index contributed by atoms with van der Waals surface area (Å²) < 4.78 is 3.44. The molecule has 0 radical (unpaired) electrons. The maximum atomic E-state index is 2.77. The summed E-state index contributed by atoms with van der Waals surface area (Å²) in [6, 6.07) is 50.3. The third kappa shape index (κ3) is 3.10. The molecule has 2 atom stereocenters. The Morgan fingerprint density at radius 1 is 0.585 bits per heavy atom. The van der Waals surface area contributed by atoms with Crippen molar-refractivity contribution in [3.05, 3.63) is 167 Å². The topological polar surface area (TPSA) is 0 Å². The monoisotopic (exact) mass is 582 g/mol. The molecule has 2 aliphatic rings. The number of fused-ring (bicyclic) bond motifs is 2. The van der Waals surface area contributed by atoms with Crippen LogP contribution in [0.25, 0.3) is 23.3 Å². The molecule has 0 aliphatic heterocycles. The first-order valence-electron chi connectivity index (χ1n) is 14.9. The van der Waals surface area contributed by atoms with Crippen LogP contribution in [0.2, 0.25) is 10.5 Å². The fourth-order valence-corrected chi connectivity index (χ4v) is 33.4. The summed E-state index contributed by atoms with van der Waals surface area (Å²) in [4.78, 5) is 0. The first-order chi connectivity index (χ1) is 19.6. The molecule has 202 valence electrons. The predicted molar refractivity (Wildman–Crippen MR) is 179 cm³/mol. The Morgan fingerprint density at radius 3 is 1.76 bits per heavy atom. The quantitative estimate of drug-likeness (QED) is 0.182. The van der Waals surface area contributed by atoms with Crippen LogP contribution in [0.4, 0.5) is 0 Å². The average Bonchev–Trinajstić information content (AvgIpc) is 3.62. The van der Waals surface area contributed by atoms with Gasteiger partial charge in [-0.3, -0.25) is 0 Å². The summed E-state index contributed by atoms with van der Waals surface area (Å²) in [7, 11) is 2.41. The van der Waals surface area contributed by atoms with E-state index in [-0.39, 0.29) is 8.45 Å². The van der Waals surface area contributed by atoms with E-state index in [9.17, 15) is 0 Å². The Kier molecular flexibility index (Phi) is 5.20. The molecule has 2 aliphatic carbocycles.